The van der Waals surface area contributed by atoms with Crippen molar-refractivity contribution >= 4 is 5.95 Å². The van der Waals surface area contributed by atoms with Crippen molar-refractivity contribution in [3.8, 4) is 5.69 Å². The third-order valence-electron chi connectivity index (χ3n) is 1.99. The van der Waals surface area contributed by atoms with E-state index in [0.717, 1.165) is 12.3 Å². The zero-order chi connectivity index (χ0) is 11.8. The highest BCUT2D eigenvalue weighted by Crippen LogP contribution is 2.27. The Labute approximate surface area is 88.5 Å². The number of nitrogens with two attached hydrogens (primary N) is 1. The normalized spacial score (nSPS) is 11.7. The monoisotopic (exact) mass is 228 g/mol. The van der Waals surface area contributed by atoms with Crippen molar-refractivity contribution in [1.82, 2.24) is 14.5 Å². The van der Waals surface area contributed by atoms with Crippen LogP contribution < -0.4 is 5.73 Å². The fraction of sp³-hybridized carbons (Fsp3) is 0.111. The van der Waals surface area contributed by atoms with Gasteiger partial charge in [-0.05, 0) is 12.1 Å². The highest BCUT2D eigenvalue weighted by molar-refractivity contribution is 5.37. The van der Waals surface area contributed by atoms with Gasteiger partial charge in [0, 0.05) is 12.4 Å². The Hall–Kier alpha value is -2.05. The molecule has 0 bridgehead atoms. The average molecular weight is 228 g/mol. The van der Waals surface area contributed by atoms with E-state index in [2.05, 4.69) is 9.97 Å². The van der Waals surface area contributed by atoms with Crippen LogP contribution in [0.4, 0.5) is 19.1 Å². The van der Waals surface area contributed by atoms with Crippen LogP contribution in [0.1, 0.15) is 5.69 Å². The lowest BCUT2D eigenvalue weighted by molar-refractivity contribution is -0.141. The summed E-state index contributed by atoms with van der Waals surface area (Å²) in [5.41, 5.74) is 5.00. The molecule has 2 N–H and O–H groups in total. The molecular weight excluding hydrogens is 221 g/mol. The molecule has 7 heteroatoms. The second-order valence-electron chi connectivity index (χ2n) is 3.05. The Balaban J connectivity index is 2.37. The van der Waals surface area contributed by atoms with Gasteiger partial charge < -0.3 is 5.73 Å². The first-order valence-electron chi connectivity index (χ1n) is 4.31. The fourth-order valence-corrected chi connectivity index (χ4v) is 1.23. The Morgan fingerprint density at radius 2 is 1.94 bits per heavy atom. The third-order valence-corrected chi connectivity index (χ3v) is 1.99. The number of halogens is 3. The average Bonchev–Trinajstić information content (AvgIpc) is 2.63. The second kappa shape index (κ2) is 3.51. The maximum Gasteiger partial charge on any atom is 0.433 e. The molecular formula is C9H7F3N4. The number of nitrogen functional groups attached to an aromatic ring is 1. The number of anilines is 1. The van der Waals surface area contributed by atoms with Crippen molar-refractivity contribution in [3.05, 3.63) is 36.4 Å². The Morgan fingerprint density at radius 3 is 2.38 bits per heavy atom. The first-order chi connectivity index (χ1) is 7.48. The highest BCUT2D eigenvalue weighted by atomic mass is 19.4. The van der Waals surface area contributed by atoms with E-state index in [0.29, 0.717) is 5.69 Å². The molecule has 2 aromatic rings. The minimum atomic E-state index is -4.43. The van der Waals surface area contributed by atoms with Crippen molar-refractivity contribution in [2.75, 3.05) is 5.73 Å². The number of pyridine rings is 1. The summed E-state index contributed by atoms with van der Waals surface area (Å²) < 4.78 is 38.1. The number of nitrogens with zero attached hydrogens (tertiary/aromatic N) is 3. The van der Waals surface area contributed by atoms with Crippen LogP contribution in [0, 0.1) is 0 Å². The Bertz CT molecular complexity index is 486. The molecule has 0 amide bonds. The maximum absolute atomic E-state index is 12.2. The van der Waals surface area contributed by atoms with Crippen LogP contribution >= 0.6 is 0 Å². The van der Waals surface area contributed by atoms with Gasteiger partial charge in [0.15, 0.2) is 0 Å². The summed E-state index contributed by atoms with van der Waals surface area (Å²) in [7, 11) is 0. The lowest BCUT2D eigenvalue weighted by atomic mass is 10.3. The van der Waals surface area contributed by atoms with Crippen LogP contribution in [-0.2, 0) is 6.18 Å². The topological polar surface area (TPSA) is 56.7 Å². The summed E-state index contributed by atoms with van der Waals surface area (Å²) in [6, 6.07) is 2.18. The zero-order valence-electron chi connectivity index (χ0n) is 7.94. The van der Waals surface area contributed by atoms with Gasteiger partial charge in [-0.2, -0.15) is 13.2 Å². The second-order valence-corrected chi connectivity index (χ2v) is 3.05. The number of imidazole rings is 1. The molecule has 2 aromatic heterocycles. The molecule has 0 spiro atoms. The van der Waals surface area contributed by atoms with Crippen LogP contribution in [-0.4, -0.2) is 14.5 Å². The van der Waals surface area contributed by atoms with Crippen molar-refractivity contribution in [3.63, 3.8) is 0 Å². The largest absolute Gasteiger partial charge is 0.433 e. The third kappa shape index (κ3) is 1.83. The minimum Gasteiger partial charge on any atom is -0.369 e. The highest BCUT2D eigenvalue weighted by Gasteiger charge is 2.32. The summed E-state index contributed by atoms with van der Waals surface area (Å²) in [5.74, 6) is 0.196. The Kier molecular flexibility index (Phi) is 2.30. The number of alkyl halides is 3. The SMILES string of the molecule is Nc1nccn1-c1ccc(C(F)(F)F)nc1. The quantitative estimate of drug-likeness (QED) is 0.810. The van der Waals surface area contributed by atoms with Gasteiger partial charge in [-0.25, -0.2) is 9.97 Å². The predicted octanol–water partition coefficient (Wildman–Crippen LogP) is 1.87. The molecule has 0 atom stereocenters. The number of hydrogen-bond acceptors (Lipinski definition) is 3. The first kappa shape index (κ1) is 10.5. The van der Waals surface area contributed by atoms with E-state index in [1.165, 1.54) is 16.8 Å². The summed E-state index contributed by atoms with van der Waals surface area (Å²) in [6.45, 7) is 0. The van der Waals surface area contributed by atoms with Crippen molar-refractivity contribution in [1.29, 1.82) is 0 Å². The molecule has 2 rings (SSSR count). The van der Waals surface area contributed by atoms with Gasteiger partial charge in [0.2, 0.25) is 5.95 Å². The molecule has 2 heterocycles. The van der Waals surface area contributed by atoms with Crippen LogP contribution in [0.25, 0.3) is 5.69 Å². The predicted molar refractivity (Wildman–Crippen MR) is 50.8 cm³/mol. The van der Waals surface area contributed by atoms with Crippen LogP contribution in [0.5, 0.6) is 0 Å². The van der Waals surface area contributed by atoms with Crippen LogP contribution in [0.3, 0.4) is 0 Å². The van der Waals surface area contributed by atoms with E-state index < -0.39 is 11.9 Å². The molecule has 0 saturated carbocycles. The molecule has 0 aromatic carbocycles. The van der Waals surface area contributed by atoms with Gasteiger partial charge in [0.05, 0.1) is 11.9 Å². The maximum atomic E-state index is 12.2. The van der Waals surface area contributed by atoms with Crippen LogP contribution in [0.2, 0.25) is 0 Å². The first-order valence-corrected chi connectivity index (χ1v) is 4.31. The van der Waals surface area contributed by atoms with E-state index in [1.807, 2.05) is 0 Å². The van der Waals surface area contributed by atoms with Crippen molar-refractivity contribution in [2.45, 2.75) is 6.18 Å². The number of aromatic nitrogens is 3. The summed E-state index contributed by atoms with van der Waals surface area (Å²) >= 11 is 0. The summed E-state index contributed by atoms with van der Waals surface area (Å²) in [6.07, 6.45) is -0.341. The lowest BCUT2D eigenvalue weighted by Crippen LogP contribution is -2.08. The summed E-state index contributed by atoms with van der Waals surface area (Å²) in [4.78, 5) is 7.07. The summed E-state index contributed by atoms with van der Waals surface area (Å²) in [5, 5.41) is 0. The van der Waals surface area contributed by atoms with Gasteiger partial charge in [-0.15, -0.1) is 0 Å². The molecule has 0 saturated heterocycles. The van der Waals surface area contributed by atoms with Crippen molar-refractivity contribution in [2.24, 2.45) is 0 Å². The van der Waals surface area contributed by atoms with Crippen LogP contribution in [0.15, 0.2) is 30.7 Å². The van der Waals surface area contributed by atoms with E-state index in [1.54, 1.807) is 6.20 Å². The smallest absolute Gasteiger partial charge is 0.369 e. The molecule has 0 aliphatic carbocycles. The minimum absolute atomic E-state index is 0.196. The van der Waals surface area contributed by atoms with Gasteiger partial charge >= 0.3 is 6.18 Å². The fourth-order valence-electron chi connectivity index (χ4n) is 1.23. The van der Waals surface area contributed by atoms with Gasteiger partial charge in [0.25, 0.3) is 0 Å². The molecule has 0 aliphatic heterocycles. The van der Waals surface area contributed by atoms with E-state index in [9.17, 15) is 13.2 Å². The van der Waals surface area contributed by atoms with Gasteiger partial charge in [-0.3, -0.25) is 4.57 Å². The molecule has 0 aliphatic rings. The van der Waals surface area contributed by atoms with Crippen molar-refractivity contribution < 1.29 is 13.2 Å². The van der Waals surface area contributed by atoms with E-state index in [-0.39, 0.29) is 5.95 Å². The number of hydrogen-bond donors (Lipinski definition) is 1. The van der Waals surface area contributed by atoms with E-state index in [4.69, 9.17) is 5.73 Å². The molecule has 4 nitrogen and oxygen atoms in total. The Morgan fingerprint density at radius 1 is 1.19 bits per heavy atom. The molecule has 16 heavy (non-hydrogen) atoms. The lowest BCUT2D eigenvalue weighted by Gasteiger charge is -2.07. The molecule has 0 fully saturated rings. The zero-order valence-corrected chi connectivity index (χ0v) is 7.94. The van der Waals surface area contributed by atoms with Gasteiger partial charge in [-0.1, -0.05) is 0 Å². The standard InChI is InChI=1S/C9H7F3N4/c10-9(11,12)7-2-1-6(5-15-7)16-4-3-14-8(16)13/h1-5H,(H2,13,14). The van der Waals surface area contributed by atoms with Gasteiger partial charge in [0.1, 0.15) is 5.69 Å². The molecule has 84 valence electrons. The number of rotatable bonds is 1. The molecule has 0 unspecified atom stereocenters. The molecule has 0 radical (unpaired) electrons. The van der Waals surface area contributed by atoms with E-state index >= 15 is 0 Å².